The van der Waals surface area contributed by atoms with Crippen LogP contribution in [0.2, 0.25) is 0 Å². The van der Waals surface area contributed by atoms with Crippen molar-refractivity contribution in [2.75, 3.05) is 5.84 Å². The summed E-state index contributed by atoms with van der Waals surface area (Å²) in [4.78, 5) is 0. The van der Waals surface area contributed by atoms with Crippen LogP contribution in [-0.2, 0) is 0 Å². The predicted molar refractivity (Wildman–Crippen MR) is 131 cm³/mol. The number of hydrogen-bond acceptors (Lipinski definition) is 3. The molecule has 0 fully saturated rings. The van der Waals surface area contributed by atoms with Crippen molar-refractivity contribution in [3.8, 4) is 11.1 Å². The minimum absolute atomic E-state index is 0.523. The minimum atomic E-state index is 0.523. The fraction of sp³-hybridized carbons (Fsp3) is 0. The van der Waals surface area contributed by atoms with E-state index >= 15 is 0 Å². The minimum Gasteiger partial charge on any atom is -0.399 e. The molecule has 30 heavy (non-hydrogen) atoms. The Morgan fingerprint density at radius 3 is 2.37 bits per heavy atom. The summed E-state index contributed by atoms with van der Waals surface area (Å²) in [5, 5.41) is 4.71. The van der Waals surface area contributed by atoms with Gasteiger partial charge in [0.15, 0.2) is 0 Å². The molecular formula is C26H19N3S. The summed E-state index contributed by atoms with van der Waals surface area (Å²) in [7, 11) is 0. The van der Waals surface area contributed by atoms with Gasteiger partial charge < -0.3 is 11.6 Å². The highest BCUT2D eigenvalue weighted by molar-refractivity contribution is 7.26. The van der Waals surface area contributed by atoms with Gasteiger partial charge in [-0.2, -0.15) is 0 Å². The molecule has 0 bridgehead atoms. The molecule has 0 saturated heterocycles. The lowest BCUT2D eigenvalue weighted by Crippen LogP contribution is -2.09. The lowest BCUT2D eigenvalue weighted by Gasteiger charge is -2.07. The van der Waals surface area contributed by atoms with Gasteiger partial charge in [0.05, 0.1) is 11.0 Å². The molecule has 0 aliphatic rings. The summed E-state index contributed by atoms with van der Waals surface area (Å²) < 4.78 is 4.23. The van der Waals surface area contributed by atoms with Crippen molar-refractivity contribution in [1.82, 2.24) is 4.68 Å². The van der Waals surface area contributed by atoms with E-state index in [0.29, 0.717) is 5.70 Å². The maximum Gasteiger partial charge on any atom is 0.0811 e. The Labute approximate surface area is 177 Å². The van der Waals surface area contributed by atoms with Crippen molar-refractivity contribution in [1.29, 1.82) is 0 Å². The van der Waals surface area contributed by atoms with Crippen LogP contribution in [0.15, 0.2) is 85.4 Å². The first-order valence-corrected chi connectivity index (χ1v) is 10.6. The quantitative estimate of drug-likeness (QED) is 0.324. The highest BCUT2D eigenvalue weighted by Gasteiger charge is 2.19. The maximum absolute atomic E-state index is 6.52. The van der Waals surface area contributed by atoms with Gasteiger partial charge in [-0.25, -0.2) is 0 Å². The molecule has 6 aromatic rings. The fourth-order valence-corrected chi connectivity index (χ4v) is 5.69. The summed E-state index contributed by atoms with van der Waals surface area (Å²) in [6, 6.07) is 27.5. The molecule has 6 rings (SSSR count). The molecule has 0 radical (unpaired) electrons. The van der Waals surface area contributed by atoms with Gasteiger partial charge in [0.2, 0.25) is 0 Å². The second-order valence-corrected chi connectivity index (χ2v) is 8.67. The van der Waals surface area contributed by atoms with Crippen LogP contribution in [0.4, 0.5) is 0 Å². The molecule has 2 aromatic heterocycles. The Morgan fingerprint density at radius 1 is 0.800 bits per heavy atom. The molecule has 4 heteroatoms. The average Bonchev–Trinajstić information content (AvgIpc) is 3.29. The van der Waals surface area contributed by atoms with Gasteiger partial charge in [0.1, 0.15) is 0 Å². The van der Waals surface area contributed by atoms with Gasteiger partial charge in [-0.3, -0.25) is 4.68 Å². The van der Waals surface area contributed by atoms with Crippen LogP contribution in [-0.4, -0.2) is 4.68 Å². The lowest BCUT2D eigenvalue weighted by atomic mass is 10.00. The average molecular weight is 406 g/mol. The number of nitrogens with two attached hydrogens (primary N) is 2. The van der Waals surface area contributed by atoms with Crippen LogP contribution in [0.3, 0.4) is 0 Å². The van der Waals surface area contributed by atoms with Crippen LogP contribution in [0.25, 0.3) is 58.8 Å². The Kier molecular flexibility index (Phi) is 3.49. The largest absolute Gasteiger partial charge is 0.399 e. The van der Waals surface area contributed by atoms with Gasteiger partial charge in [0, 0.05) is 42.2 Å². The number of fused-ring (bicyclic) bond motifs is 7. The smallest absolute Gasteiger partial charge is 0.0811 e. The van der Waals surface area contributed by atoms with Crippen molar-refractivity contribution in [3.63, 3.8) is 0 Å². The van der Waals surface area contributed by atoms with Crippen molar-refractivity contribution in [2.45, 2.75) is 0 Å². The summed E-state index contributed by atoms with van der Waals surface area (Å²) in [5.41, 5.74) is 12.0. The first-order chi connectivity index (χ1) is 14.6. The van der Waals surface area contributed by atoms with E-state index in [-0.39, 0.29) is 0 Å². The normalized spacial score (nSPS) is 11.7. The zero-order valence-electron chi connectivity index (χ0n) is 16.2. The zero-order chi connectivity index (χ0) is 20.4. The van der Waals surface area contributed by atoms with Crippen LogP contribution in [0.1, 0.15) is 5.56 Å². The second kappa shape index (κ2) is 6.12. The molecule has 0 amide bonds. The molecule has 0 aliphatic heterocycles. The molecule has 0 unspecified atom stereocenters. The zero-order valence-corrected chi connectivity index (χ0v) is 17.0. The van der Waals surface area contributed by atoms with Gasteiger partial charge in [0.25, 0.3) is 0 Å². The molecule has 0 atom stereocenters. The van der Waals surface area contributed by atoms with Gasteiger partial charge in [-0.1, -0.05) is 61.2 Å². The van der Waals surface area contributed by atoms with Crippen LogP contribution in [0, 0.1) is 0 Å². The molecule has 0 spiro atoms. The molecule has 144 valence electrons. The number of rotatable bonds is 2. The third-order valence-electron chi connectivity index (χ3n) is 5.86. The molecule has 0 saturated carbocycles. The van der Waals surface area contributed by atoms with Gasteiger partial charge in [-0.15, -0.1) is 11.3 Å². The summed E-state index contributed by atoms with van der Waals surface area (Å²) in [5.74, 6) is 6.52. The van der Waals surface area contributed by atoms with Gasteiger partial charge in [-0.05, 0) is 35.4 Å². The van der Waals surface area contributed by atoms with E-state index in [9.17, 15) is 0 Å². The molecule has 4 aromatic carbocycles. The fourth-order valence-electron chi connectivity index (χ4n) is 4.47. The first kappa shape index (κ1) is 17.1. The second-order valence-electron chi connectivity index (χ2n) is 7.62. The van der Waals surface area contributed by atoms with E-state index in [1.54, 1.807) is 16.0 Å². The summed E-state index contributed by atoms with van der Waals surface area (Å²) >= 11 is 1.80. The molecule has 3 nitrogen and oxygen atoms in total. The van der Waals surface area contributed by atoms with E-state index in [4.69, 9.17) is 11.6 Å². The van der Waals surface area contributed by atoms with E-state index < -0.39 is 0 Å². The number of aromatic nitrogens is 1. The van der Waals surface area contributed by atoms with Crippen molar-refractivity contribution in [2.24, 2.45) is 5.73 Å². The van der Waals surface area contributed by atoms with Crippen molar-refractivity contribution >= 4 is 59.0 Å². The number of nitrogens with zero attached hydrogens (tertiary/aromatic N) is 1. The topological polar surface area (TPSA) is 57.0 Å². The first-order valence-electron chi connectivity index (χ1n) is 9.81. The monoisotopic (exact) mass is 405 g/mol. The van der Waals surface area contributed by atoms with E-state index in [0.717, 1.165) is 27.4 Å². The molecule has 2 heterocycles. The predicted octanol–water partition coefficient (Wildman–Crippen LogP) is 6.47. The SMILES string of the molecule is C=C(N)c1cc2c3cc(-c4ccccc4)ccc3sc2c2c3ccccc3n(N)c12. The Bertz CT molecular complexity index is 1620. The van der Waals surface area contributed by atoms with Crippen molar-refractivity contribution in [3.05, 3.63) is 91.0 Å². The molecule has 0 aliphatic carbocycles. The molecular weight excluding hydrogens is 386 g/mol. The lowest BCUT2D eigenvalue weighted by molar-refractivity contribution is 1.12. The molecule has 4 N–H and O–H groups in total. The maximum atomic E-state index is 6.52. The highest BCUT2D eigenvalue weighted by Crippen LogP contribution is 2.44. The number of benzene rings is 4. The Balaban J connectivity index is 1.81. The van der Waals surface area contributed by atoms with E-state index in [1.165, 1.54) is 31.3 Å². The van der Waals surface area contributed by atoms with E-state index in [1.807, 2.05) is 18.2 Å². The Morgan fingerprint density at radius 2 is 1.57 bits per heavy atom. The summed E-state index contributed by atoms with van der Waals surface area (Å²) in [6.07, 6.45) is 0. The van der Waals surface area contributed by atoms with Crippen LogP contribution in [0.5, 0.6) is 0 Å². The van der Waals surface area contributed by atoms with Crippen molar-refractivity contribution < 1.29 is 0 Å². The number of nitrogen functional groups attached to an aromatic ring is 1. The van der Waals surface area contributed by atoms with E-state index in [2.05, 4.69) is 67.2 Å². The van der Waals surface area contributed by atoms with Crippen LogP contribution < -0.4 is 11.6 Å². The summed E-state index contributed by atoms with van der Waals surface area (Å²) in [6.45, 7) is 4.04. The number of thiophene rings is 1. The highest BCUT2D eigenvalue weighted by atomic mass is 32.1. The van der Waals surface area contributed by atoms with Gasteiger partial charge >= 0.3 is 0 Å². The standard InChI is InChI=1S/C26H19N3S/c1-15(27)19-14-21-20-13-17(16-7-3-2-4-8-16)11-12-23(20)30-26(21)24-18-9-5-6-10-22(18)29(28)25(19)24/h2-14H,1,27-28H2. The van der Waals surface area contributed by atoms with Crippen LogP contribution >= 0.6 is 11.3 Å². The third kappa shape index (κ3) is 2.25. The Hall–Kier alpha value is -3.76. The third-order valence-corrected chi connectivity index (χ3v) is 7.07. The number of hydrogen-bond donors (Lipinski definition) is 2. The number of para-hydroxylation sites is 1.